The van der Waals surface area contributed by atoms with Gasteiger partial charge in [0, 0.05) is 31.8 Å². The van der Waals surface area contributed by atoms with E-state index in [9.17, 15) is 9.90 Å². The Labute approximate surface area is 370 Å². The van der Waals surface area contributed by atoms with Crippen LogP contribution in [0.5, 0.6) is 0 Å². The number of esters is 1. The third-order valence-corrected chi connectivity index (χ3v) is 13.7. The molecule has 2 atom stereocenters. The molecule has 1 fully saturated rings. The van der Waals surface area contributed by atoms with Crippen molar-refractivity contribution in [3.8, 4) is 0 Å². The number of rotatable bonds is 46. The first-order chi connectivity index (χ1) is 29.1. The summed E-state index contributed by atoms with van der Waals surface area (Å²) >= 11 is 0. The van der Waals surface area contributed by atoms with Crippen LogP contribution in [0.25, 0.3) is 0 Å². The van der Waals surface area contributed by atoms with Crippen LogP contribution < -0.4 is 5.32 Å². The summed E-state index contributed by atoms with van der Waals surface area (Å²) in [7, 11) is 0. The summed E-state index contributed by atoms with van der Waals surface area (Å²) in [6.07, 6.45) is 52.2. The number of carbonyl (C=O) groups excluding carboxylic acids is 1. The summed E-state index contributed by atoms with van der Waals surface area (Å²) in [6, 6.07) is 1.16. The van der Waals surface area contributed by atoms with Crippen molar-refractivity contribution in [3.63, 3.8) is 0 Å². The molecule has 59 heavy (non-hydrogen) atoms. The first-order valence-electron chi connectivity index (χ1n) is 27.3. The summed E-state index contributed by atoms with van der Waals surface area (Å²) in [4.78, 5) is 16.0. The lowest BCUT2D eigenvalue weighted by Gasteiger charge is -2.39. The first kappa shape index (κ1) is 56.4. The molecule has 0 saturated carbocycles. The van der Waals surface area contributed by atoms with E-state index in [-0.39, 0.29) is 11.9 Å². The second-order valence-electron chi connectivity index (χ2n) is 19.5. The monoisotopic (exact) mass is 833 g/mol. The van der Waals surface area contributed by atoms with Crippen molar-refractivity contribution >= 4 is 5.97 Å². The summed E-state index contributed by atoms with van der Waals surface area (Å²) in [5.74, 6) is 1.15. The Morgan fingerprint density at radius 1 is 0.492 bits per heavy atom. The fourth-order valence-corrected chi connectivity index (χ4v) is 9.84. The highest BCUT2D eigenvalue weighted by Gasteiger charge is 2.26. The van der Waals surface area contributed by atoms with E-state index < -0.39 is 0 Å². The maximum atomic E-state index is 13.2. The van der Waals surface area contributed by atoms with Gasteiger partial charge in [0.25, 0.3) is 0 Å². The lowest BCUT2D eigenvalue weighted by atomic mass is 9.89. The molecule has 5 heteroatoms. The van der Waals surface area contributed by atoms with E-state index in [0.717, 1.165) is 51.0 Å². The Kier molecular flexibility index (Phi) is 42.0. The van der Waals surface area contributed by atoms with E-state index in [1.54, 1.807) is 0 Å². The Morgan fingerprint density at radius 3 is 1.31 bits per heavy atom. The van der Waals surface area contributed by atoms with E-state index in [1.807, 2.05) is 0 Å². The molecule has 1 aliphatic rings. The minimum absolute atomic E-state index is 0.0897. The van der Waals surface area contributed by atoms with Gasteiger partial charge < -0.3 is 20.1 Å². The van der Waals surface area contributed by atoms with E-state index in [0.29, 0.717) is 25.3 Å². The zero-order chi connectivity index (χ0) is 42.7. The predicted molar refractivity (Wildman–Crippen MR) is 260 cm³/mol. The van der Waals surface area contributed by atoms with Gasteiger partial charge in [0.05, 0.1) is 12.5 Å². The van der Waals surface area contributed by atoms with Gasteiger partial charge in [0.1, 0.15) is 0 Å². The molecule has 0 aromatic heterocycles. The van der Waals surface area contributed by atoms with Gasteiger partial charge in [-0.2, -0.15) is 0 Å². The van der Waals surface area contributed by atoms with Gasteiger partial charge in [0.15, 0.2) is 0 Å². The van der Waals surface area contributed by atoms with Crippen molar-refractivity contribution < 1.29 is 14.6 Å². The average molecular weight is 833 g/mol. The maximum Gasteiger partial charge on any atom is 0.308 e. The maximum absolute atomic E-state index is 13.2. The average Bonchev–Trinajstić information content (AvgIpc) is 3.24. The van der Waals surface area contributed by atoms with Crippen LogP contribution in [0.2, 0.25) is 0 Å². The second-order valence-corrected chi connectivity index (χ2v) is 19.5. The van der Waals surface area contributed by atoms with Gasteiger partial charge in [-0.05, 0) is 63.8 Å². The highest BCUT2D eigenvalue weighted by molar-refractivity contribution is 5.72. The standard InChI is InChI=1S/C54H108N2O3/c1-5-9-13-17-21-28-38-50(39-29-22-18-14-10-6-2)40-30-25-33-43-52-48-56(45-35-27-36-46-57)49-53(55-52)44-34-26-37-47-59-54(58)51(41-31-23-19-15-11-7-3)42-32-24-20-16-12-8-4/h50-53,55,57H,5-49H2,1-4H3. The van der Waals surface area contributed by atoms with Gasteiger partial charge in [0.2, 0.25) is 0 Å². The smallest absolute Gasteiger partial charge is 0.308 e. The van der Waals surface area contributed by atoms with E-state index in [1.165, 1.54) is 231 Å². The van der Waals surface area contributed by atoms with Crippen molar-refractivity contribution in [3.05, 3.63) is 0 Å². The molecule has 0 aromatic rings. The molecule has 0 bridgehead atoms. The van der Waals surface area contributed by atoms with Gasteiger partial charge in [-0.3, -0.25) is 4.79 Å². The minimum atomic E-state index is 0.0897. The molecular formula is C54H108N2O3. The molecule has 0 amide bonds. The van der Waals surface area contributed by atoms with Crippen LogP contribution >= 0.6 is 0 Å². The minimum Gasteiger partial charge on any atom is -0.465 e. The molecule has 0 aromatic carbocycles. The lowest BCUT2D eigenvalue weighted by molar-refractivity contribution is -0.149. The van der Waals surface area contributed by atoms with Crippen molar-refractivity contribution in [2.24, 2.45) is 11.8 Å². The number of nitrogens with zero attached hydrogens (tertiary/aromatic N) is 1. The summed E-state index contributed by atoms with van der Waals surface area (Å²) < 4.78 is 5.96. The molecule has 1 rings (SSSR count). The highest BCUT2D eigenvalue weighted by atomic mass is 16.5. The Balaban J connectivity index is 2.50. The number of aliphatic hydroxyl groups is 1. The molecule has 0 spiro atoms. The molecule has 1 saturated heterocycles. The molecule has 2 unspecified atom stereocenters. The fraction of sp³-hybridized carbons (Fsp3) is 0.981. The zero-order valence-electron chi connectivity index (χ0n) is 40.8. The molecule has 2 N–H and O–H groups in total. The second kappa shape index (κ2) is 44.0. The lowest BCUT2D eigenvalue weighted by Crippen LogP contribution is -2.56. The third-order valence-electron chi connectivity index (χ3n) is 13.7. The number of carbonyl (C=O) groups is 1. The Morgan fingerprint density at radius 2 is 0.864 bits per heavy atom. The van der Waals surface area contributed by atoms with Crippen LogP contribution in [0, 0.1) is 11.8 Å². The SMILES string of the molecule is CCCCCCCCC(CCCCCCCC)CCCCCC1CN(CCCCCO)CC(CCCCCOC(=O)C(CCCCCCCC)CCCCCCCC)N1. The van der Waals surface area contributed by atoms with Crippen LogP contribution in [-0.2, 0) is 9.53 Å². The largest absolute Gasteiger partial charge is 0.465 e. The fourth-order valence-electron chi connectivity index (χ4n) is 9.84. The number of nitrogens with one attached hydrogen (secondary N) is 1. The molecule has 0 aliphatic carbocycles. The van der Waals surface area contributed by atoms with E-state index >= 15 is 0 Å². The third kappa shape index (κ3) is 35.5. The summed E-state index contributed by atoms with van der Waals surface area (Å²) in [5, 5.41) is 13.4. The molecule has 1 aliphatic heterocycles. The van der Waals surface area contributed by atoms with Gasteiger partial charge in [-0.1, -0.05) is 233 Å². The number of aliphatic hydroxyl groups excluding tert-OH is 1. The molecule has 5 nitrogen and oxygen atoms in total. The Bertz CT molecular complexity index is 821. The number of piperazine rings is 1. The van der Waals surface area contributed by atoms with Crippen LogP contribution in [0.15, 0.2) is 0 Å². The molecule has 1 heterocycles. The van der Waals surface area contributed by atoms with E-state index in [4.69, 9.17) is 4.74 Å². The topological polar surface area (TPSA) is 61.8 Å². The van der Waals surface area contributed by atoms with Crippen molar-refractivity contribution in [1.82, 2.24) is 10.2 Å². The van der Waals surface area contributed by atoms with Crippen molar-refractivity contribution in [2.75, 3.05) is 32.8 Å². The number of hydrogen-bond acceptors (Lipinski definition) is 5. The van der Waals surface area contributed by atoms with Crippen molar-refractivity contribution in [1.29, 1.82) is 0 Å². The van der Waals surface area contributed by atoms with Crippen LogP contribution in [0.1, 0.15) is 285 Å². The van der Waals surface area contributed by atoms with Crippen molar-refractivity contribution in [2.45, 2.75) is 297 Å². The predicted octanol–water partition coefficient (Wildman–Crippen LogP) is 16.1. The molecular weight excluding hydrogens is 725 g/mol. The van der Waals surface area contributed by atoms with E-state index in [2.05, 4.69) is 37.9 Å². The van der Waals surface area contributed by atoms with Gasteiger partial charge in [-0.25, -0.2) is 0 Å². The van der Waals surface area contributed by atoms with Crippen LogP contribution in [-0.4, -0.2) is 60.9 Å². The van der Waals surface area contributed by atoms with Gasteiger partial charge in [-0.15, -0.1) is 0 Å². The van der Waals surface area contributed by atoms with Crippen LogP contribution in [0.3, 0.4) is 0 Å². The molecule has 352 valence electrons. The number of unbranched alkanes of at least 4 members (excludes halogenated alkanes) is 26. The summed E-state index contributed by atoms with van der Waals surface area (Å²) in [5.41, 5.74) is 0. The summed E-state index contributed by atoms with van der Waals surface area (Å²) in [6.45, 7) is 13.6. The quantitative estimate of drug-likeness (QED) is 0.0473. The number of ether oxygens (including phenoxy) is 1. The van der Waals surface area contributed by atoms with Gasteiger partial charge >= 0.3 is 5.97 Å². The Hall–Kier alpha value is -0.650. The number of hydrogen-bond donors (Lipinski definition) is 2. The zero-order valence-corrected chi connectivity index (χ0v) is 40.8. The highest BCUT2D eigenvalue weighted by Crippen LogP contribution is 2.26. The molecule has 0 radical (unpaired) electrons. The normalized spacial score (nSPS) is 16.2. The van der Waals surface area contributed by atoms with Crippen LogP contribution in [0.4, 0.5) is 0 Å². The first-order valence-corrected chi connectivity index (χ1v) is 27.3.